The minimum Gasteiger partial charge on any atom is -0.450 e. The molecular weight excluding hydrogens is 573 g/mol. The van der Waals surface area contributed by atoms with Crippen LogP contribution in [0.5, 0.6) is 0 Å². The molecule has 1 amide bonds. The van der Waals surface area contributed by atoms with Gasteiger partial charge in [0, 0.05) is 16.0 Å². The van der Waals surface area contributed by atoms with Gasteiger partial charge in [-0.1, -0.05) is 61.3 Å². The largest absolute Gasteiger partial charge is 0.450 e. The molecule has 4 aromatic rings. The zero-order chi connectivity index (χ0) is 29.4. The molecule has 4 N–H and O–H groups in total. The van der Waals surface area contributed by atoms with Gasteiger partial charge in [-0.3, -0.25) is 9.59 Å². The standard InChI is InChI=1S/C29H29Cl2N3O5S/c1-16(2)11-24(32)29(36)34(40(3,37)38)15-17-5-4-6-18(12-17)19-7-9-22-25(13-19)39-28(26(22)33)27(35)21-10-8-20(30)14-23(21)31/h4-10,12-14,16,24H,11,15,32-33H2,1-3H3/t24-/m0/s1. The fourth-order valence-corrected chi connectivity index (χ4v) is 5.77. The molecule has 0 saturated heterocycles. The van der Waals surface area contributed by atoms with Crippen LogP contribution in [0.15, 0.2) is 65.1 Å². The molecule has 0 aliphatic rings. The Morgan fingerprint density at radius 3 is 2.35 bits per heavy atom. The quantitative estimate of drug-likeness (QED) is 0.228. The number of benzene rings is 3. The van der Waals surface area contributed by atoms with E-state index in [4.69, 9.17) is 39.1 Å². The van der Waals surface area contributed by atoms with Gasteiger partial charge in [0.1, 0.15) is 5.58 Å². The van der Waals surface area contributed by atoms with Crippen molar-refractivity contribution >= 4 is 61.6 Å². The highest BCUT2D eigenvalue weighted by atomic mass is 35.5. The first-order valence-corrected chi connectivity index (χ1v) is 15.0. The highest BCUT2D eigenvalue weighted by molar-refractivity contribution is 7.88. The Bertz CT molecular complexity index is 1720. The number of carbonyl (C=O) groups excluding carboxylic acids is 2. The maximum absolute atomic E-state index is 13.1. The molecule has 1 heterocycles. The van der Waals surface area contributed by atoms with Crippen LogP contribution in [0.2, 0.25) is 10.0 Å². The maximum atomic E-state index is 13.1. The fraction of sp³-hybridized carbons (Fsp3) is 0.241. The molecule has 0 unspecified atom stereocenters. The highest BCUT2D eigenvalue weighted by Gasteiger charge is 2.29. The Kier molecular flexibility index (Phi) is 8.60. The summed E-state index contributed by atoms with van der Waals surface area (Å²) in [7, 11) is -3.86. The first kappa shape index (κ1) is 29.6. The number of hydrogen-bond donors (Lipinski definition) is 2. The lowest BCUT2D eigenvalue weighted by molar-refractivity contribution is -0.128. The number of nitrogen functional groups attached to an aromatic ring is 1. The van der Waals surface area contributed by atoms with Crippen LogP contribution in [-0.4, -0.2) is 36.7 Å². The number of fused-ring (bicyclic) bond motifs is 1. The van der Waals surface area contributed by atoms with Crippen LogP contribution >= 0.6 is 23.2 Å². The van der Waals surface area contributed by atoms with Crippen molar-refractivity contribution in [1.82, 2.24) is 4.31 Å². The maximum Gasteiger partial charge on any atom is 0.253 e. The normalized spacial score (nSPS) is 12.6. The minimum atomic E-state index is -3.86. The first-order chi connectivity index (χ1) is 18.8. The van der Waals surface area contributed by atoms with Crippen molar-refractivity contribution in [3.8, 4) is 11.1 Å². The summed E-state index contributed by atoms with van der Waals surface area (Å²) in [5.74, 6) is -1.02. The molecular formula is C29H29Cl2N3O5S. The molecule has 11 heteroatoms. The third-order valence-electron chi connectivity index (χ3n) is 6.39. The fourth-order valence-electron chi connectivity index (χ4n) is 4.43. The molecule has 0 saturated carbocycles. The number of carbonyl (C=O) groups is 2. The summed E-state index contributed by atoms with van der Waals surface area (Å²) in [5.41, 5.74) is 15.1. The molecule has 0 aliphatic heterocycles. The second-order valence-electron chi connectivity index (χ2n) is 10.1. The molecule has 1 aromatic heterocycles. The number of ketones is 1. The SMILES string of the molecule is CC(C)C[C@H](N)C(=O)N(Cc1cccc(-c2ccc3c(N)c(C(=O)c4ccc(Cl)cc4Cl)oc3c2)c1)S(C)(=O)=O. The van der Waals surface area contributed by atoms with E-state index < -0.39 is 27.8 Å². The Morgan fingerprint density at radius 1 is 1.00 bits per heavy atom. The van der Waals surface area contributed by atoms with Crippen LogP contribution in [0.25, 0.3) is 22.1 Å². The van der Waals surface area contributed by atoms with E-state index >= 15 is 0 Å². The molecule has 0 fully saturated rings. The van der Waals surface area contributed by atoms with Crippen LogP contribution in [0, 0.1) is 5.92 Å². The lowest BCUT2D eigenvalue weighted by Crippen LogP contribution is -2.46. The van der Waals surface area contributed by atoms with Crippen LogP contribution in [0.3, 0.4) is 0 Å². The molecule has 3 aromatic carbocycles. The Balaban J connectivity index is 1.65. The Labute approximate surface area is 242 Å². The van der Waals surface area contributed by atoms with E-state index in [1.54, 1.807) is 36.4 Å². The van der Waals surface area contributed by atoms with E-state index in [9.17, 15) is 18.0 Å². The molecule has 40 heavy (non-hydrogen) atoms. The van der Waals surface area contributed by atoms with Crippen molar-refractivity contribution in [3.05, 3.63) is 87.6 Å². The number of rotatable bonds is 9. The summed E-state index contributed by atoms with van der Waals surface area (Å²) in [6, 6.07) is 16.0. The van der Waals surface area contributed by atoms with Gasteiger partial charge in [-0.05, 0) is 65.4 Å². The van der Waals surface area contributed by atoms with E-state index in [1.165, 1.54) is 12.1 Å². The van der Waals surface area contributed by atoms with Crippen molar-refractivity contribution in [2.24, 2.45) is 11.7 Å². The van der Waals surface area contributed by atoms with Crippen LogP contribution in [0.1, 0.15) is 41.9 Å². The number of sulfonamides is 1. The molecule has 0 radical (unpaired) electrons. The van der Waals surface area contributed by atoms with Gasteiger partial charge in [-0.2, -0.15) is 0 Å². The molecule has 4 rings (SSSR count). The summed E-state index contributed by atoms with van der Waals surface area (Å²) in [5, 5.41) is 1.14. The Morgan fingerprint density at radius 2 is 1.70 bits per heavy atom. The molecule has 0 aliphatic carbocycles. The van der Waals surface area contributed by atoms with E-state index in [1.807, 2.05) is 26.0 Å². The van der Waals surface area contributed by atoms with Crippen molar-refractivity contribution in [1.29, 1.82) is 0 Å². The molecule has 210 valence electrons. The van der Waals surface area contributed by atoms with E-state index in [0.717, 1.165) is 21.7 Å². The Hall–Kier alpha value is -3.37. The number of halogens is 2. The number of amides is 1. The van der Waals surface area contributed by atoms with Crippen molar-refractivity contribution in [2.75, 3.05) is 12.0 Å². The lowest BCUT2D eigenvalue weighted by atomic mass is 10.0. The van der Waals surface area contributed by atoms with Crippen molar-refractivity contribution < 1.29 is 22.4 Å². The van der Waals surface area contributed by atoms with Gasteiger partial charge < -0.3 is 15.9 Å². The van der Waals surface area contributed by atoms with Gasteiger partial charge in [0.2, 0.25) is 15.8 Å². The molecule has 8 nitrogen and oxygen atoms in total. The second kappa shape index (κ2) is 11.6. The predicted octanol–water partition coefficient (Wildman–Crippen LogP) is 5.88. The number of furan rings is 1. The molecule has 0 spiro atoms. The van der Waals surface area contributed by atoms with Gasteiger partial charge in [0.25, 0.3) is 5.91 Å². The first-order valence-electron chi connectivity index (χ1n) is 12.4. The summed E-state index contributed by atoms with van der Waals surface area (Å²) in [4.78, 5) is 26.0. The van der Waals surface area contributed by atoms with Crippen molar-refractivity contribution in [3.63, 3.8) is 0 Å². The topological polar surface area (TPSA) is 137 Å². The van der Waals surface area contributed by atoms with Crippen LogP contribution in [0.4, 0.5) is 5.69 Å². The van der Waals surface area contributed by atoms with Crippen molar-refractivity contribution in [2.45, 2.75) is 32.9 Å². The molecule has 1 atom stereocenters. The van der Waals surface area contributed by atoms with Gasteiger partial charge in [-0.25, -0.2) is 12.7 Å². The zero-order valence-corrected chi connectivity index (χ0v) is 24.5. The third-order valence-corrected chi connectivity index (χ3v) is 8.04. The third kappa shape index (κ3) is 6.33. The van der Waals surface area contributed by atoms with Gasteiger partial charge >= 0.3 is 0 Å². The van der Waals surface area contributed by atoms with Gasteiger partial charge in [-0.15, -0.1) is 0 Å². The summed E-state index contributed by atoms with van der Waals surface area (Å²) >= 11 is 12.2. The smallest absolute Gasteiger partial charge is 0.253 e. The zero-order valence-electron chi connectivity index (χ0n) is 22.1. The van der Waals surface area contributed by atoms with Crippen LogP contribution in [-0.2, 0) is 21.4 Å². The average Bonchev–Trinajstić information content (AvgIpc) is 3.21. The summed E-state index contributed by atoms with van der Waals surface area (Å²) in [6.45, 7) is 3.67. The van der Waals surface area contributed by atoms with E-state index in [2.05, 4.69) is 0 Å². The summed E-state index contributed by atoms with van der Waals surface area (Å²) in [6.07, 6.45) is 1.36. The second-order valence-corrected chi connectivity index (χ2v) is 12.8. The summed E-state index contributed by atoms with van der Waals surface area (Å²) < 4.78 is 31.7. The van der Waals surface area contributed by atoms with Gasteiger partial charge in [0.05, 0.1) is 29.6 Å². The number of nitrogens with zero attached hydrogens (tertiary/aromatic N) is 1. The number of anilines is 1. The molecule has 0 bridgehead atoms. The minimum absolute atomic E-state index is 0.0369. The average molecular weight is 603 g/mol. The monoisotopic (exact) mass is 601 g/mol. The van der Waals surface area contributed by atoms with Crippen LogP contribution < -0.4 is 11.5 Å². The highest BCUT2D eigenvalue weighted by Crippen LogP contribution is 2.35. The lowest BCUT2D eigenvalue weighted by Gasteiger charge is -2.24. The van der Waals surface area contributed by atoms with Gasteiger partial charge in [0.15, 0.2) is 5.76 Å². The van der Waals surface area contributed by atoms with E-state index in [-0.39, 0.29) is 34.5 Å². The number of nitrogens with two attached hydrogens (primary N) is 2. The predicted molar refractivity (Wildman–Crippen MR) is 159 cm³/mol. The number of hydrogen-bond acceptors (Lipinski definition) is 7. The van der Waals surface area contributed by atoms with E-state index in [0.29, 0.717) is 28.0 Å².